The van der Waals surface area contributed by atoms with Crippen LogP contribution in [0.1, 0.15) is 38.2 Å². The van der Waals surface area contributed by atoms with E-state index in [4.69, 9.17) is 4.74 Å². The van der Waals surface area contributed by atoms with E-state index in [1.54, 1.807) is 0 Å². The fourth-order valence-corrected chi connectivity index (χ4v) is 3.59. The zero-order valence-corrected chi connectivity index (χ0v) is 15.5. The molecule has 0 radical (unpaired) electrons. The lowest BCUT2D eigenvalue weighted by atomic mass is 10.0. The van der Waals surface area contributed by atoms with E-state index in [-0.39, 0.29) is 5.91 Å². The number of benzene rings is 1. The van der Waals surface area contributed by atoms with Gasteiger partial charge in [0.15, 0.2) is 0 Å². The van der Waals surface area contributed by atoms with Crippen molar-refractivity contribution in [1.82, 2.24) is 9.80 Å². The van der Waals surface area contributed by atoms with Crippen molar-refractivity contribution in [2.24, 2.45) is 0 Å². The Labute approximate surface area is 151 Å². The van der Waals surface area contributed by atoms with Crippen LogP contribution in [0.5, 0.6) is 0 Å². The van der Waals surface area contributed by atoms with Crippen molar-refractivity contribution in [3.63, 3.8) is 0 Å². The van der Waals surface area contributed by atoms with E-state index in [0.717, 1.165) is 45.0 Å². The Balaban J connectivity index is 1.41. The molecule has 25 heavy (non-hydrogen) atoms. The van der Waals surface area contributed by atoms with E-state index in [2.05, 4.69) is 41.1 Å². The third-order valence-corrected chi connectivity index (χ3v) is 5.15. The largest absolute Gasteiger partial charge is 0.377 e. The number of ether oxygens (including phenoxy) is 1. The summed E-state index contributed by atoms with van der Waals surface area (Å²) < 4.78 is 5.72. The van der Waals surface area contributed by atoms with Crippen molar-refractivity contribution in [1.29, 1.82) is 0 Å². The van der Waals surface area contributed by atoms with Gasteiger partial charge in [-0.25, -0.2) is 0 Å². The Morgan fingerprint density at radius 1 is 1.24 bits per heavy atom. The number of nitrogens with one attached hydrogen (secondary N) is 1. The first-order chi connectivity index (χ1) is 12.1. The molecule has 2 fully saturated rings. The molecule has 1 N–H and O–H groups in total. The van der Waals surface area contributed by atoms with Crippen LogP contribution in [0.3, 0.4) is 0 Å². The molecule has 0 aliphatic carbocycles. The highest BCUT2D eigenvalue weighted by Gasteiger charge is 2.23. The third kappa shape index (κ3) is 5.53. The molecule has 2 heterocycles. The summed E-state index contributed by atoms with van der Waals surface area (Å²) in [5.41, 5.74) is 2.15. The van der Waals surface area contributed by atoms with Gasteiger partial charge in [-0.3, -0.25) is 14.6 Å². The maximum absolute atomic E-state index is 12.3. The van der Waals surface area contributed by atoms with Crippen LogP contribution in [0, 0.1) is 0 Å². The van der Waals surface area contributed by atoms with Crippen molar-refractivity contribution in [2.45, 2.75) is 38.7 Å². The summed E-state index contributed by atoms with van der Waals surface area (Å²) in [7, 11) is 0. The van der Waals surface area contributed by atoms with Crippen LogP contribution in [0.4, 0.5) is 5.69 Å². The molecule has 5 heteroatoms. The Hall–Kier alpha value is -1.43. The molecule has 1 unspecified atom stereocenters. The molecule has 1 amide bonds. The summed E-state index contributed by atoms with van der Waals surface area (Å²) >= 11 is 0. The second kappa shape index (κ2) is 8.79. The van der Waals surface area contributed by atoms with Crippen LogP contribution < -0.4 is 5.32 Å². The molecule has 2 aliphatic heterocycles. The van der Waals surface area contributed by atoms with Gasteiger partial charge in [-0.1, -0.05) is 26.0 Å². The van der Waals surface area contributed by atoms with Gasteiger partial charge in [-0.2, -0.15) is 0 Å². The Morgan fingerprint density at radius 3 is 2.68 bits per heavy atom. The second-order valence-electron chi connectivity index (χ2n) is 7.54. The molecule has 0 aromatic heterocycles. The summed E-state index contributed by atoms with van der Waals surface area (Å²) in [5, 5.41) is 3.04. The topological polar surface area (TPSA) is 44.8 Å². The fraction of sp³-hybridized carbons (Fsp3) is 0.650. The minimum absolute atomic E-state index is 0.0773. The first-order valence-corrected chi connectivity index (χ1v) is 9.56. The number of carbonyl (C=O) groups excluding carboxylic acids is 1. The minimum Gasteiger partial charge on any atom is -0.377 e. The lowest BCUT2D eigenvalue weighted by molar-refractivity contribution is -0.117. The molecule has 2 aliphatic rings. The van der Waals surface area contributed by atoms with Crippen LogP contribution in [0.15, 0.2) is 24.3 Å². The van der Waals surface area contributed by atoms with Crippen molar-refractivity contribution in [2.75, 3.05) is 51.2 Å². The maximum atomic E-state index is 12.3. The van der Waals surface area contributed by atoms with E-state index >= 15 is 0 Å². The van der Waals surface area contributed by atoms with E-state index in [9.17, 15) is 4.79 Å². The van der Waals surface area contributed by atoms with Gasteiger partial charge in [0.05, 0.1) is 12.6 Å². The average molecular weight is 345 g/mol. The van der Waals surface area contributed by atoms with Gasteiger partial charge < -0.3 is 10.1 Å². The monoisotopic (exact) mass is 345 g/mol. The van der Waals surface area contributed by atoms with Crippen molar-refractivity contribution >= 4 is 11.6 Å². The first-order valence-electron chi connectivity index (χ1n) is 9.56. The number of hydrogen-bond acceptors (Lipinski definition) is 4. The molecule has 1 aromatic rings. The molecule has 138 valence electrons. The molecule has 1 atom stereocenters. The molecule has 1 aromatic carbocycles. The Bertz CT molecular complexity index is 562. The zero-order chi connectivity index (χ0) is 17.6. The summed E-state index contributed by atoms with van der Waals surface area (Å²) in [6.45, 7) is 10.7. The van der Waals surface area contributed by atoms with Crippen LogP contribution >= 0.6 is 0 Å². The fourth-order valence-electron chi connectivity index (χ4n) is 3.59. The number of rotatable bonds is 6. The number of amides is 1. The van der Waals surface area contributed by atoms with Gasteiger partial charge in [0.2, 0.25) is 5.91 Å². The summed E-state index contributed by atoms with van der Waals surface area (Å²) in [4.78, 5) is 17.0. The van der Waals surface area contributed by atoms with Gasteiger partial charge >= 0.3 is 0 Å². The van der Waals surface area contributed by atoms with E-state index in [1.165, 1.54) is 18.4 Å². The van der Waals surface area contributed by atoms with Gasteiger partial charge in [0.25, 0.3) is 0 Å². The van der Waals surface area contributed by atoms with Gasteiger partial charge in [-0.15, -0.1) is 0 Å². The van der Waals surface area contributed by atoms with Crippen molar-refractivity contribution in [3.8, 4) is 0 Å². The second-order valence-corrected chi connectivity index (χ2v) is 7.54. The standard InChI is InChI=1S/C20H31N3O2/c1-16(2)17-5-3-6-18(13-17)21-20(24)15-23-10-8-22(9-11-23)14-19-7-4-12-25-19/h3,5-6,13,16,19H,4,7-12,14-15H2,1-2H3,(H,21,24). The SMILES string of the molecule is CC(C)c1cccc(NC(=O)CN2CCN(CC3CCCO3)CC2)c1. The zero-order valence-electron chi connectivity index (χ0n) is 15.5. The Kier molecular flexibility index (Phi) is 6.45. The molecule has 0 saturated carbocycles. The van der Waals surface area contributed by atoms with Gasteiger partial charge in [-0.05, 0) is 36.5 Å². The lowest BCUT2D eigenvalue weighted by Crippen LogP contribution is -2.50. The predicted octanol–water partition coefficient (Wildman–Crippen LogP) is 2.55. The molecule has 3 rings (SSSR count). The molecule has 2 saturated heterocycles. The minimum atomic E-state index is 0.0773. The Morgan fingerprint density at radius 2 is 2.00 bits per heavy atom. The summed E-state index contributed by atoms with van der Waals surface area (Å²) in [6.07, 6.45) is 2.81. The highest BCUT2D eigenvalue weighted by Crippen LogP contribution is 2.18. The van der Waals surface area contributed by atoms with E-state index in [0.29, 0.717) is 18.6 Å². The third-order valence-electron chi connectivity index (χ3n) is 5.15. The molecule has 0 spiro atoms. The quantitative estimate of drug-likeness (QED) is 0.861. The summed E-state index contributed by atoms with van der Waals surface area (Å²) in [5.74, 6) is 0.544. The van der Waals surface area contributed by atoms with Crippen LogP contribution in [-0.4, -0.2) is 67.7 Å². The normalized spacial score (nSPS) is 22.4. The predicted molar refractivity (Wildman–Crippen MR) is 101 cm³/mol. The maximum Gasteiger partial charge on any atom is 0.238 e. The number of nitrogens with zero attached hydrogens (tertiary/aromatic N) is 2. The summed E-state index contributed by atoms with van der Waals surface area (Å²) in [6, 6.07) is 8.15. The lowest BCUT2D eigenvalue weighted by Gasteiger charge is -2.35. The van der Waals surface area contributed by atoms with Gasteiger partial charge in [0.1, 0.15) is 0 Å². The van der Waals surface area contributed by atoms with Crippen LogP contribution in [0.25, 0.3) is 0 Å². The number of piperazine rings is 1. The average Bonchev–Trinajstić information content (AvgIpc) is 3.10. The van der Waals surface area contributed by atoms with Crippen LogP contribution in [-0.2, 0) is 9.53 Å². The molecule has 0 bridgehead atoms. The number of carbonyl (C=O) groups is 1. The smallest absolute Gasteiger partial charge is 0.238 e. The number of hydrogen-bond donors (Lipinski definition) is 1. The highest BCUT2D eigenvalue weighted by molar-refractivity contribution is 5.92. The highest BCUT2D eigenvalue weighted by atomic mass is 16.5. The first kappa shape index (κ1) is 18.4. The van der Waals surface area contributed by atoms with E-state index in [1.807, 2.05) is 12.1 Å². The van der Waals surface area contributed by atoms with Gasteiger partial charge in [0, 0.05) is 45.0 Å². The number of anilines is 1. The molecular formula is C20H31N3O2. The van der Waals surface area contributed by atoms with E-state index < -0.39 is 0 Å². The molecule has 5 nitrogen and oxygen atoms in total. The van der Waals surface area contributed by atoms with Crippen LogP contribution in [0.2, 0.25) is 0 Å². The van der Waals surface area contributed by atoms with Crippen molar-refractivity contribution < 1.29 is 9.53 Å². The van der Waals surface area contributed by atoms with Crippen molar-refractivity contribution in [3.05, 3.63) is 29.8 Å². The molecular weight excluding hydrogens is 314 g/mol.